The zero-order valence-electron chi connectivity index (χ0n) is 31.2. The number of nitrogens with zero attached hydrogens (tertiary/aromatic N) is 4. The van der Waals surface area contributed by atoms with Gasteiger partial charge in [-0.2, -0.15) is 23.7 Å². The molecule has 0 saturated carbocycles. The Balaban J connectivity index is 1.26. The number of hydrogen-bond acceptors (Lipinski definition) is 4. The molecule has 0 fully saturated rings. The van der Waals surface area contributed by atoms with Crippen LogP contribution in [0.5, 0.6) is 0 Å². The molecule has 12 rings (SSSR count). The highest BCUT2D eigenvalue weighted by atomic mass is 32.1. The third-order valence-corrected chi connectivity index (χ3v) is 14.2. The molecule has 0 bridgehead atoms. The van der Waals surface area contributed by atoms with Gasteiger partial charge >= 0.3 is 6.18 Å². The average Bonchev–Trinajstić information content (AvgIpc) is 4.03. The van der Waals surface area contributed by atoms with Crippen molar-refractivity contribution in [1.29, 1.82) is 10.5 Å². The molecule has 0 amide bonds. The lowest BCUT2D eigenvalue weighted by Crippen LogP contribution is -2.09. The maximum atomic E-state index is 15.1. The monoisotopic (exact) mass is 814 g/mol. The smallest absolute Gasteiger partial charge is 0.308 e. The molecule has 0 atom stereocenters. The maximum absolute atomic E-state index is 15.1. The van der Waals surface area contributed by atoms with E-state index in [2.05, 4.69) is 66.7 Å². The molecule has 9 heteroatoms. The number of aromatic nitrogens is 2. The van der Waals surface area contributed by atoms with Gasteiger partial charge in [-0.05, 0) is 71.8 Å². The van der Waals surface area contributed by atoms with Crippen LogP contribution in [-0.2, 0) is 6.18 Å². The van der Waals surface area contributed by atoms with Crippen LogP contribution in [0.3, 0.4) is 0 Å². The summed E-state index contributed by atoms with van der Waals surface area (Å²) in [6.07, 6.45) is -4.77. The molecule has 60 heavy (non-hydrogen) atoms. The van der Waals surface area contributed by atoms with E-state index < -0.39 is 11.7 Å². The summed E-state index contributed by atoms with van der Waals surface area (Å²) in [5.74, 6) is 0. The standard InChI is InChI=1S/C51H25F3N4S2/c52-51(53,54)38-23-28(26-55)17-18-30(38)29-24-43(57-39-13-5-1-11-35(39)47-41(57)21-19-33-31-9-3-7-15-45(31)59-49(33)47)37(27-56)44(25-29)58-40-14-6-2-12-36(40)48-42(58)22-20-34-32-10-4-8-16-46(32)60-50(34)48/h1-25H. The van der Waals surface area contributed by atoms with Crippen LogP contribution in [0.25, 0.3) is 106 Å². The van der Waals surface area contributed by atoms with Crippen LogP contribution in [0, 0.1) is 22.7 Å². The van der Waals surface area contributed by atoms with E-state index in [-0.39, 0.29) is 16.7 Å². The summed E-state index contributed by atoms with van der Waals surface area (Å²) in [4.78, 5) is 0. The number of rotatable bonds is 3. The van der Waals surface area contributed by atoms with Crippen molar-refractivity contribution in [3.63, 3.8) is 0 Å². The summed E-state index contributed by atoms with van der Waals surface area (Å²) >= 11 is 3.41. The van der Waals surface area contributed by atoms with E-state index in [1.54, 1.807) is 34.8 Å². The summed E-state index contributed by atoms with van der Waals surface area (Å²) in [5, 5.41) is 29.6. The number of para-hydroxylation sites is 2. The third-order valence-electron chi connectivity index (χ3n) is 11.8. The Morgan fingerprint density at radius 3 is 1.43 bits per heavy atom. The lowest BCUT2D eigenvalue weighted by Gasteiger charge is -2.20. The van der Waals surface area contributed by atoms with Crippen molar-refractivity contribution in [2.24, 2.45) is 0 Å². The van der Waals surface area contributed by atoms with Gasteiger partial charge in [0.15, 0.2) is 0 Å². The van der Waals surface area contributed by atoms with Crippen LogP contribution in [0.4, 0.5) is 13.2 Å². The molecule has 4 heterocycles. The van der Waals surface area contributed by atoms with Crippen molar-refractivity contribution in [1.82, 2.24) is 9.13 Å². The van der Waals surface area contributed by atoms with Crippen LogP contribution in [0.2, 0.25) is 0 Å². The molecule has 12 aromatic rings. The summed E-state index contributed by atoms with van der Waals surface area (Å²) in [6.45, 7) is 0. The SMILES string of the molecule is N#Cc1ccc(-c2cc(-n3c4ccccc4c4c5sc6ccccc6c5ccc43)c(C#N)c(-n3c4ccccc4c4c5sc6ccccc6c5ccc43)c2)c(C(F)(F)F)c1. The Morgan fingerprint density at radius 1 is 0.467 bits per heavy atom. The fourth-order valence-corrected chi connectivity index (χ4v) is 11.8. The van der Waals surface area contributed by atoms with E-state index in [0.29, 0.717) is 16.9 Å². The molecule has 0 N–H and O–H groups in total. The summed E-state index contributed by atoms with van der Waals surface area (Å²) in [7, 11) is 0. The Labute approximate surface area is 347 Å². The molecule has 4 aromatic heterocycles. The number of nitriles is 2. The van der Waals surface area contributed by atoms with Crippen LogP contribution >= 0.6 is 22.7 Å². The molecular weight excluding hydrogens is 790 g/mol. The Kier molecular flexibility index (Phi) is 7.23. The molecule has 0 spiro atoms. The van der Waals surface area contributed by atoms with Gasteiger partial charge in [0.1, 0.15) is 11.6 Å². The topological polar surface area (TPSA) is 57.4 Å². The van der Waals surface area contributed by atoms with Gasteiger partial charge in [0, 0.05) is 61.9 Å². The molecule has 282 valence electrons. The van der Waals surface area contributed by atoms with Crippen LogP contribution in [-0.4, -0.2) is 9.13 Å². The first-order valence-corrected chi connectivity index (χ1v) is 20.8. The summed E-state index contributed by atoms with van der Waals surface area (Å²) in [5.41, 5.74) is 3.66. The minimum absolute atomic E-state index is 0.0891. The number of thiophene rings is 2. The molecule has 0 saturated heterocycles. The zero-order valence-corrected chi connectivity index (χ0v) is 32.8. The van der Waals surface area contributed by atoms with E-state index in [1.165, 1.54) is 12.1 Å². The number of hydrogen-bond donors (Lipinski definition) is 0. The predicted molar refractivity (Wildman–Crippen MR) is 241 cm³/mol. The van der Waals surface area contributed by atoms with Crippen molar-refractivity contribution in [3.8, 4) is 34.6 Å². The number of alkyl halides is 3. The quantitative estimate of drug-likeness (QED) is 0.178. The highest BCUT2D eigenvalue weighted by Crippen LogP contribution is 2.48. The predicted octanol–water partition coefficient (Wildman–Crippen LogP) is 15.0. The van der Waals surface area contributed by atoms with Gasteiger partial charge < -0.3 is 9.13 Å². The second-order valence-electron chi connectivity index (χ2n) is 14.9. The highest BCUT2D eigenvalue weighted by molar-refractivity contribution is 7.27. The van der Waals surface area contributed by atoms with Crippen molar-refractivity contribution >= 4 is 107 Å². The van der Waals surface area contributed by atoms with E-state index in [0.717, 1.165) is 90.0 Å². The Bertz CT molecular complexity index is 3710. The molecule has 8 aromatic carbocycles. The van der Waals surface area contributed by atoms with Gasteiger partial charge in [-0.3, -0.25) is 0 Å². The lowest BCUT2D eigenvalue weighted by molar-refractivity contribution is -0.137. The van der Waals surface area contributed by atoms with E-state index >= 15 is 13.2 Å². The second kappa shape index (κ2) is 12.5. The minimum atomic E-state index is -4.77. The Hall–Kier alpha value is -7.43. The number of halogens is 3. The van der Waals surface area contributed by atoms with Crippen molar-refractivity contribution < 1.29 is 13.2 Å². The molecule has 0 radical (unpaired) electrons. The van der Waals surface area contributed by atoms with Gasteiger partial charge in [0.05, 0.1) is 50.6 Å². The normalized spacial score (nSPS) is 12.2. The van der Waals surface area contributed by atoms with Gasteiger partial charge in [-0.25, -0.2) is 0 Å². The lowest BCUT2D eigenvalue weighted by atomic mass is 9.94. The molecule has 0 aliphatic heterocycles. The maximum Gasteiger partial charge on any atom is 0.417 e. The van der Waals surface area contributed by atoms with E-state index in [9.17, 15) is 10.5 Å². The fourth-order valence-electron chi connectivity index (χ4n) is 9.32. The average molecular weight is 815 g/mol. The van der Waals surface area contributed by atoms with Gasteiger partial charge in [-0.1, -0.05) is 91.0 Å². The van der Waals surface area contributed by atoms with Crippen molar-refractivity contribution in [2.45, 2.75) is 6.18 Å². The van der Waals surface area contributed by atoms with E-state index in [1.807, 2.05) is 75.9 Å². The van der Waals surface area contributed by atoms with Crippen molar-refractivity contribution in [3.05, 3.63) is 168 Å². The van der Waals surface area contributed by atoms with Crippen LogP contribution in [0.1, 0.15) is 16.7 Å². The van der Waals surface area contributed by atoms with Gasteiger partial charge in [0.2, 0.25) is 0 Å². The first-order chi connectivity index (χ1) is 29.3. The highest BCUT2D eigenvalue weighted by Gasteiger charge is 2.35. The molecule has 0 aliphatic carbocycles. The molecular formula is C51H25F3N4S2. The fraction of sp³-hybridized carbons (Fsp3) is 0.0196. The number of fused-ring (bicyclic) bond motifs is 14. The largest absolute Gasteiger partial charge is 0.417 e. The molecule has 0 unspecified atom stereocenters. The zero-order chi connectivity index (χ0) is 40.4. The first kappa shape index (κ1) is 34.6. The summed E-state index contributed by atoms with van der Waals surface area (Å²) < 4.78 is 53.8. The van der Waals surface area contributed by atoms with Crippen LogP contribution < -0.4 is 0 Å². The van der Waals surface area contributed by atoms with Gasteiger partial charge in [-0.15, -0.1) is 22.7 Å². The van der Waals surface area contributed by atoms with E-state index in [4.69, 9.17) is 0 Å². The van der Waals surface area contributed by atoms with Crippen LogP contribution in [0.15, 0.2) is 152 Å². The third kappa shape index (κ3) is 4.76. The van der Waals surface area contributed by atoms with Crippen molar-refractivity contribution in [2.75, 3.05) is 0 Å². The summed E-state index contributed by atoms with van der Waals surface area (Å²) in [6, 6.07) is 52.5. The first-order valence-electron chi connectivity index (χ1n) is 19.2. The van der Waals surface area contributed by atoms with Gasteiger partial charge in [0.25, 0.3) is 0 Å². The molecule has 0 aliphatic rings. The number of benzene rings is 8. The molecule has 4 nitrogen and oxygen atoms in total. The Morgan fingerprint density at radius 2 is 0.950 bits per heavy atom. The second-order valence-corrected chi connectivity index (χ2v) is 17.0. The minimum Gasteiger partial charge on any atom is -0.308 e.